The molecule has 22 heavy (non-hydrogen) atoms. The van der Waals surface area contributed by atoms with Crippen molar-refractivity contribution in [1.29, 1.82) is 0 Å². The summed E-state index contributed by atoms with van der Waals surface area (Å²) in [5.74, 6) is 2.81. The third-order valence-electron chi connectivity index (χ3n) is 5.28. The van der Waals surface area contributed by atoms with E-state index in [0.717, 1.165) is 63.4 Å². The Morgan fingerprint density at radius 1 is 1.36 bits per heavy atom. The van der Waals surface area contributed by atoms with Crippen molar-refractivity contribution in [3.63, 3.8) is 0 Å². The van der Waals surface area contributed by atoms with Crippen LogP contribution in [0.3, 0.4) is 0 Å². The van der Waals surface area contributed by atoms with Gasteiger partial charge in [0, 0.05) is 32.0 Å². The van der Waals surface area contributed by atoms with Gasteiger partial charge in [-0.25, -0.2) is 0 Å². The largest absolute Gasteiger partial charge is 0.341 e. The molecule has 2 N–H and O–H groups in total. The molecule has 6 heteroatoms. The molecule has 0 bridgehead atoms. The second kappa shape index (κ2) is 6.36. The summed E-state index contributed by atoms with van der Waals surface area (Å²) in [4.78, 5) is 14.6. The Morgan fingerprint density at radius 2 is 2.18 bits per heavy atom. The van der Waals surface area contributed by atoms with Crippen molar-refractivity contribution < 1.29 is 4.79 Å². The van der Waals surface area contributed by atoms with Gasteiger partial charge in [0.25, 0.3) is 0 Å². The number of carbonyl (C=O) groups excluding carboxylic acids is 1. The molecule has 1 saturated heterocycles. The highest BCUT2D eigenvalue weighted by Crippen LogP contribution is 2.29. The molecule has 1 aromatic heterocycles. The van der Waals surface area contributed by atoms with Crippen LogP contribution >= 0.6 is 0 Å². The predicted molar refractivity (Wildman–Crippen MR) is 84.3 cm³/mol. The molecule has 6 nitrogen and oxygen atoms in total. The fraction of sp³-hybridized carbons (Fsp3) is 0.812. The highest BCUT2D eigenvalue weighted by atomic mass is 16.2. The van der Waals surface area contributed by atoms with Crippen LogP contribution in [0.1, 0.15) is 57.1 Å². The van der Waals surface area contributed by atoms with E-state index in [1.54, 1.807) is 0 Å². The first-order valence-corrected chi connectivity index (χ1v) is 8.58. The standard InChI is InChI=1S/C16H27N5O/c1-3-11(2)14(17)16(22)20-8-4-6-12(10-20)15-19-18-13-7-5-9-21(13)15/h11-12,14H,3-10,17H2,1-2H3. The van der Waals surface area contributed by atoms with Crippen LogP contribution in [0, 0.1) is 5.92 Å². The molecule has 0 aromatic carbocycles. The fourth-order valence-corrected chi connectivity index (χ4v) is 3.57. The third-order valence-corrected chi connectivity index (χ3v) is 5.28. The molecule has 0 aliphatic carbocycles. The van der Waals surface area contributed by atoms with Gasteiger partial charge in [0.15, 0.2) is 0 Å². The van der Waals surface area contributed by atoms with E-state index >= 15 is 0 Å². The van der Waals surface area contributed by atoms with Gasteiger partial charge in [-0.05, 0) is 25.2 Å². The summed E-state index contributed by atoms with van der Waals surface area (Å²) in [6, 6.07) is -0.382. The number of nitrogens with zero attached hydrogens (tertiary/aromatic N) is 4. The van der Waals surface area contributed by atoms with Crippen molar-refractivity contribution in [3.05, 3.63) is 11.6 Å². The lowest BCUT2D eigenvalue weighted by Gasteiger charge is -2.35. The van der Waals surface area contributed by atoms with Gasteiger partial charge in [-0.2, -0.15) is 0 Å². The Bertz CT molecular complexity index is 541. The van der Waals surface area contributed by atoms with E-state index in [9.17, 15) is 4.79 Å². The zero-order valence-corrected chi connectivity index (χ0v) is 13.7. The molecule has 2 aliphatic heterocycles. The number of fused-ring (bicyclic) bond motifs is 1. The van der Waals surface area contributed by atoms with E-state index in [-0.39, 0.29) is 17.9 Å². The second-order valence-electron chi connectivity index (χ2n) is 6.76. The normalized spacial score (nSPS) is 24.1. The smallest absolute Gasteiger partial charge is 0.239 e. The Morgan fingerprint density at radius 3 is 2.95 bits per heavy atom. The lowest BCUT2D eigenvalue weighted by Crippen LogP contribution is -2.50. The molecule has 3 heterocycles. The van der Waals surface area contributed by atoms with E-state index in [1.807, 2.05) is 4.90 Å². The van der Waals surface area contributed by atoms with Gasteiger partial charge in [0.2, 0.25) is 5.91 Å². The number of aryl methyl sites for hydroxylation is 1. The Labute approximate surface area is 132 Å². The summed E-state index contributed by atoms with van der Waals surface area (Å²) in [6.45, 7) is 6.71. The first-order chi connectivity index (χ1) is 10.6. The summed E-state index contributed by atoms with van der Waals surface area (Å²) in [7, 11) is 0. The van der Waals surface area contributed by atoms with Gasteiger partial charge >= 0.3 is 0 Å². The third kappa shape index (κ3) is 2.76. The number of carbonyl (C=O) groups is 1. The lowest BCUT2D eigenvalue weighted by atomic mass is 9.94. The van der Waals surface area contributed by atoms with Crippen LogP contribution in [-0.4, -0.2) is 44.7 Å². The maximum Gasteiger partial charge on any atom is 0.239 e. The second-order valence-corrected chi connectivity index (χ2v) is 6.76. The molecular formula is C16H27N5O. The van der Waals surface area contributed by atoms with Crippen LogP contribution in [0.2, 0.25) is 0 Å². The number of hydrogen-bond donors (Lipinski definition) is 1. The number of rotatable bonds is 4. The van der Waals surface area contributed by atoms with Crippen molar-refractivity contribution >= 4 is 5.91 Å². The van der Waals surface area contributed by atoms with Crippen LogP contribution in [-0.2, 0) is 17.8 Å². The van der Waals surface area contributed by atoms with E-state index in [2.05, 4.69) is 28.6 Å². The van der Waals surface area contributed by atoms with Crippen molar-refractivity contribution in [2.45, 2.75) is 64.5 Å². The SMILES string of the molecule is CCC(C)C(N)C(=O)N1CCCC(c2nnc3n2CCC3)C1. The van der Waals surface area contributed by atoms with Crippen molar-refractivity contribution in [2.75, 3.05) is 13.1 Å². The van der Waals surface area contributed by atoms with Gasteiger partial charge in [0.05, 0.1) is 6.04 Å². The number of hydrogen-bond acceptors (Lipinski definition) is 4. The maximum atomic E-state index is 12.6. The number of amides is 1. The topological polar surface area (TPSA) is 77.0 Å². The molecule has 2 aliphatic rings. The summed E-state index contributed by atoms with van der Waals surface area (Å²) in [5, 5.41) is 8.70. The zero-order chi connectivity index (χ0) is 15.7. The predicted octanol–water partition coefficient (Wildman–Crippen LogP) is 1.30. The van der Waals surface area contributed by atoms with Gasteiger partial charge in [-0.1, -0.05) is 20.3 Å². The first-order valence-electron chi connectivity index (χ1n) is 8.58. The summed E-state index contributed by atoms with van der Waals surface area (Å²) < 4.78 is 2.26. The van der Waals surface area contributed by atoms with Crippen LogP contribution in [0.25, 0.3) is 0 Å². The monoisotopic (exact) mass is 305 g/mol. The Kier molecular flexibility index (Phi) is 4.47. The average molecular weight is 305 g/mol. The summed E-state index contributed by atoms with van der Waals surface area (Å²) >= 11 is 0. The molecule has 3 unspecified atom stereocenters. The minimum absolute atomic E-state index is 0.0974. The molecular weight excluding hydrogens is 278 g/mol. The minimum atomic E-state index is -0.382. The molecule has 122 valence electrons. The van der Waals surface area contributed by atoms with Gasteiger partial charge in [-0.15, -0.1) is 10.2 Å². The minimum Gasteiger partial charge on any atom is -0.341 e. The molecule has 0 radical (unpaired) electrons. The Balaban J connectivity index is 1.70. The van der Waals surface area contributed by atoms with E-state index < -0.39 is 0 Å². The van der Waals surface area contributed by atoms with E-state index in [0.29, 0.717) is 5.92 Å². The number of piperidine rings is 1. The summed E-state index contributed by atoms with van der Waals surface area (Å²) in [6.07, 6.45) is 5.22. The molecule has 3 atom stereocenters. The van der Waals surface area contributed by atoms with Crippen LogP contribution in [0.4, 0.5) is 0 Å². The van der Waals surface area contributed by atoms with Crippen LogP contribution < -0.4 is 5.73 Å². The van der Waals surface area contributed by atoms with E-state index in [1.165, 1.54) is 0 Å². The Hall–Kier alpha value is -1.43. The van der Waals surface area contributed by atoms with Crippen LogP contribution in [0.15, 0.2) is 0 Å². The first kappa shape index (κ1) is 15.5. The zero-order valence-electron chi connectivity index (χ0n) is 13.7. The molecule has 0 spiro atoms. The highest BCUT2D eigenvalue weighted by Gasteiger charge is 2.32. The molecule has 0 saturated carbocycles. The van der Waals surface area contributed by atoms with Gasteiger partial charge in [0.1, 0.15) is 11.6 Å². The molecule has 3 rings (SSSR count). The number of likely N-dealkylation sites (tertiary alicyclic amines) is 1. The molecule has 1 fully saturated rings. The number of nitrogens with two attached hydrogens (primary N) is 1. The van der Waals surface area contributed by atoms with Crippen LogP contribution in [0.5, 0.6) is 0 Å². The highest BCUT2D eigenvalue weighted by molar-refractivity contribution is 5.82. The maximum absolute atomic E-state index is 12.6. The van der Waals surface area contributed by atoms with Gasteiger partial charge < -0.3 is 15.2 Å². The number of aromatic nitrogens is 3. The lowest BCUT2D eigenvalue weighted by molar-refractivity contribution is -0.135. The van der Waals surface area contributed by atoms with Crippen molar-refractivity contribution in [1.82, 2.24) is 19.7 Å². The quantitative estimate of drug-likeness (QED) is 0.909. The fourth-order valence-electron chi connectivity index (χ4n) is 3.57. The van der Waals surface area contributed by atoms with E-state index in [4.69, 9.17) is 5.73 Å². The average Bonchev–Trinajstić information content (AvgIpc) is 3.16. The molecule has 1 aromatic rings. The molecule has 1 amide bonds. The summed E-state index contributed by atoms with van der Waals surface area (Å²) in [5.41, 5.74) is 6.13. The van der Waals surface area contributed by atoms with Crippen molar-refractivity contribution in [3.8, 4) is 0 Å². The van der Waals surface area contributed by atoms with Crippen molar-refractivity contribution in [2.24, 2.45) is 11.7 Å². The van der Waals surface area contributed by atoms with Gasteiger partial charge in [-0.3, -0.25) is 4.79 Å².